The maximum atomic E-state index is 6.37. The summed E-state index contributed by atoms with van der Waals surface area (Å²) in [7, 11) is 0. The molecule has 0 radical (unpaired) electrons. The summed E-state index contributed by atoms with van der Waals surface area (Å²) >= 11 is 0. The van der Waals surface area contributed by atoms with Crippen molar-refractivity contribution in [3.8, 4) is 0 Å². The molecule has 18 heavy (non-hydrogen) atoms. The van der Waals surface area contributed by atoms with Gasteiger partial charge in [0, 0.05) is 23.5 Å². The Kier molecular flexibility index (Phi) is 3.74. The molecule has 1 fully saturated rings. The largest absolute Gasteiger partial charge is 0.326 e. The Bertz CT molecular complexity index is 391. The predicted octanol–water partition coefficient (Wildman–Crippen LogP) is 2.65. The van der Waals surface area contributed by atoms with Crippen molar-refractivity contribution in [3.05, 3.63) is 29.6 Å². The highest BCUT2D eigenvalue weighted by Crippen LogP contribution is 2.35. The molecule has 3 heteroatoms. The van der Waals surface area contributed by atoms with E-state index in [1.165, 1.54) is 12.0 Å². The van der Waals surface area contributed by atoms with Gasteiger partial charge in [0.2, 0.25) is 0 Å². The molecule has 2 rings (SSSR count). The van der Waals surface area contributed by atoms with Gasteiger partial charge in [0.1, 0.15) is 0 Å². The fourth-order valence-electron chi connectivity index (χ4n) is 2.86. The first-order valence-corrected chi connectivity index (χ1v) is 6.84. The Labute approximate surface area is 110 Å². The van der Waals surface area contributed by atoms with E-state index < -0.39 is 0 Å². The standard InChI is InChI=1S/C15H25N3/c1-11-7-8-12(10-17-11)14-13(16)6-5-9-18(14)15(2,3)4/h7-8,10,13-14H,5-6,9,16H2,1-4H3. The minimum atomic E-state index is 0.146. The van der Waals surface area contributed by atoms with Gasteiger partial charge in [-0.3, -0.25) is 9.88 Å². The summed E-state index contributed by atoms with van der Waals surface area (Å²) in [5, 5.41) is 0. The van der Waals surface area contributed by atoms with E-state index >= 15 is 0 Å². The van der Waals surface area contributed by atoms with Gasteiger partial charge in [0.25, 0.3) is 0 Å². The van der Waals surface area contributed by atoms with Crippen molar-refractivity contribution < 1.29 is 0 Å². The normalized spacial score (nSPS) is 26.3. The quantitative estimate of drug-likeness (QED) is 0.829. The number of rotatable bonds is 1. The van der Waals surface area contributed by atoms with Gasteiger partial charge < -0.3 is 5.73 Å². The van der Waals surface area contributed by atoms with E-state index in [1.807, 2.05) is 13.1 Å². The molecular weight excluding hydrogens is 222 g/mol. The van der Waals surface area contributed by atoms with Gasteiger partial charge in [-0.15, -0.1) is 0 Å². The lowest BCUT2D eigenvalue weighted by atomic mass is 9.87. The Morgan fingerprint density at radius 1 is 1.33 bits per heavy atom. The highest BCUT2D eigenvalue weighted by molar-refractivity contribution is 5.20. The molecule has 0 spiro atoms. The van der Waals surface area contributed by atoms with Gasteiger partial charge >= 0.3 is 0 Å². The number of aromatic nitrogens is 1. The first-order chi connectivity index (χ1) is 8.39. The highest BCUT2D eigenvalue weighted by atomic mass is 15.2. The van der Waals surface area contributed by atoms with Crippen molar-refractivity contribution in [2.75, 3.05) is 6.54 Å². The lowest BCUT2D eigenvalue weighted by Gasteiger charge is -2.47. The molecule has 0 aromatic carbocycles. The molecule has 100 valence electrons. The van der Waals surface area contributed by atoms with Crippen LogP contribution in [0.15, 0.2) is 18.3 Å². The van der Waals surface area contributed by atoms with Gasteiger partial charge in [-0.05, 0) is 58.7 Å². The van der Waals surface area contributed by atoms with E-state index in [0.717, 1.165) is 18.7 Å². The highest BCUT2D eigenvalue weighted by Gasteiger charge is 2.36. The van der Waals surface area contributed by atoms with E-state index in [1.54, 1.807) is 0 Å². The van der Waals surface area contributed by atoms with Crippen molar-refractivity contribution in [1.29, 1.82) is 0 Å². The van der Waals surface area contributed by atoms with Crippen LogP contribution in [0.2, 0.25) is 0 Å². The number of hydrogen-bond donors (Lipinski definition) is 1. The molecular formula is C15H25N3. The van der Waals surface area contributed by atoms with Crippen LogP contribution >= 0.6 is 0 Å². The molecule has 1 aliphatic rings. The molecule has 1 aliphatic heterocycles. The van der Waals surface area contributed by atoms with Gasteiger partial charge in [-0.1, -0.05) is 6.07 Å². The third-order valence-corrected chi connectivity index (χ3v) is 3.82. The number of nitrogens with two attached hydrogens (primary N) is 1. The number of aryl methyl sites for hydroxylation is 1. The fraction of sp³-hybridized carbons (Fsp3) is 0.667. The summed E-state index contributed by atoms with van der Waals surface area (Å²) in [5.41, 5.74) is 8.83. The molecule has 0 bridgehead atoms. The van der Waals surface area contributed by atoms with Crippen LogP contribution in [0.4, 0.5) is 0 Å². The summed E-state index contributed by atoms with van der Waals surface area (Å²) < 4.78 is 0. The maximum Gasteiger partial charge on any atom is 0.0519 e. The summed E-state index contributed by atoms with van der Waals surface area (Å²) in [6, 6.07) is 4.77. The zero-order valence-electron chi connectivity index (χ0n) is 12.0. The lowest BCUT2D eigenvalue weighted by molar-refractivity contribution is 0.0382. The molecule has 2 N–H and O–H groups in total. The third kappa shape index (κ3) is 2.73. The summed E-state index contributed by atoms with van der Waals surface area (Å²) in [6.45, 7) is 9.93. The molecule has 2 atom stereocenters. The summed E-state index contributed by atoms with van der Waals surface area (Å²) in [6.07, 6.45) is 4.28. The summed E-state index contributed by atoms with van der Waals surface area (Å²) in [4.78, 5) is 6.94. The Morgan fingerprint density at radius 2 is 2.06 bits per heavy atom. The zero-order valence-corrected chi connectivity index (χ0v) is 12.0. The number of likely N-dealkylation sites (tertiary alicyclic amines) is 1. The average molecular weight is 247 g/mol. The summed E-state index contributed by atoms with van der Waals surface area (Å²) in [5.74, 6) is 0. The minimum Gasteiger partial charge on any atom is -0.326 e. The smallest absolute Gasteiger partial charge is 0.0519 e. The SMILES string of the molecule is Cc1ccc(C2C(N)CCCN2C(C)(C)C)cn1. The van der Waals surface area contributed by atoms with Crippen molar-refractivity contribution in [1.82, 2.24) is 9.88 Å². The predicted molar refractivity (Wildman–Crippen MR) is 75.4 cm³/mol. The van der Waals surface area contributed by atoms with E-state index in [4.69, 9.17) is 5.73 Å². The van der Waals surface area contributed by atoms with Crippen molar-refractivity contribution in [2.24, 2.45) is 5.73 Å². The van der Waals surface area contributed by atoms with Crippen LogP contribution < -0.4 is 5.73 Å². The lowest BCUT2D eigenvalue weighted by Crippen LogP contribution is -2.53. The monoisotopic (exact) mass is 247 g/mol. The van der Waals surface area contributed by atoms with Crippen molar-refractivity contribution in [2.45, 2.75) is 58.2 Å². The first-order valence-electron chi connectivity index (χ1n) is 6.84. The topological polar surface area (TPSA) is 42.1 Å². The van der Waals surface area contributed by atoms with Crippen molar-refractivity contribution >= 4 is 0 Å². The van der Waals surface area contributed by atoms with Crippen molar-refractivity contribution in [3.63, 3.8) is 0 Å². The molecule has 2 heterocycles. The second-order valence-electron chi connectivity index (χ2n) is 6.35. The molecule has 3 nitrogen and oxygen atoms in total. The van der Waals surface area contributed by atoms with Gasteiger partial charge in [0.15, 0.2) is 0 Å². The van der Waals surface area contributed by atoms with E-state index in [9.17, 15) is 0 Å². The van der Waals surface area contributed by atoms with Crippen LogP contribution in [0.3, 0.4) is 0 Å². The van der Waals surface area contributed by atoms with Crippen LogP contribution in [0.25, 0.3) is 0 Å². The Hall–Kier alpha value is -0.930. The van der Waals surface area contributed by atoms with Crippen LogP contribution in [0, 0.1) is 6.92 Å². The fourth-order valence-corrected chi connectivity index (χ4v) is 2.86. The minimum absolute atomic E-state index is 0.146. The number of nitrogens with zero attached hydrogens (tertiary/aromatic N) is 2. The number of hydrogen-bond acceptors (Lipinski definition) is 3. The number of pyridine rings is 1. The molecule has 0 aliphatic carbocycles. The molecule has 1 aromatic rings. The zero-order chi connectivity index (χ0) is 13.3. The van der Waals surface area contributed by atoms with Crippen LogP contribution in [0.5, 0.6) is 0 Å². The van der Waals surface area contributed by atoms with Crippen LogP contribution in [0.1, 0.15) is 50.9 Å². The van der Waals surface area contributed by atoms with E-state index in [2.05, 4.69) is 42.8 Å². The number of piperidine rings is 1. The third-order valence-electron chi connectivity index (χ3n) is 3.82. The van der Waals surface area contributed by atoms with E-state index in [-0.39, 0.29) is 11.6 Å². The maximum absolute atomic E-state index is 6.37. The Balaban J connectivity index is 2.33. The van der Waals surface area contributed by atoms with E-state index in [0.29, 0.717) is 6.04 Å². The molecule has 0 amide bonds. The molecule has 1 aromatic heterocycles. The first kappa shape index (κ1) is 13.5. The van der Waals surface area contributed by atoms with Gasteiger partial charge in [-0.25, -0.2) is 0 Å². The van der Waals surface area contributed by atoms with Crippen LogP contribution in [-0.2, 0) is 0 Å². The average Bonchev–Trinajstić information content (AvgIpc) is 2.29. The second kappa shape index (κ2) is 4.98. The molecule has 1 saturated heterocycles. The van der Waals surface area contributed by atoms with Crippen LogP contribution in [-0.4, -0.2) is 28.0 Å². The Morgan fingerprint density at radius 3 is 2.61 bits per heavy atom. The molecule has 0 saturated carbocycles. The van der Waals surface area contributed by atoms with Gasteiger partial charge in [-0.2, -0.15) is 0 Å². The second-order valence-corrected chi connectivity index (χ2v) is 6.35. The molecule has 2 unspecified atom stereocenters. The van der Waals surface area contributed by atoms with Gasteiger partial charge in [0.05, 0.1) is 6.04 Å².